The Morgan fingerprint density at radius 1 is 0.949 bits per heavy atom. The molecule has 0 unspecified atom stereocenters. The second kappa shape index (κ2) is 10.5. The van der Waals surface area contributed by atoms with Crippen LogP contribution in [0.1, 0.15) is 39.6 Å². The molecule has 3 heterocycles. The Bertz CT molecular complexity index is 1520. The molecule has 1 aliphatic heterocycles. The smallest absolute Gasteiger partial charge is 0.433 e. The van der Waals surface area contributed by atoms with Gasteiger partial charge in [0.25, 0.3) is 11.8 Å². The lowest BCUT2D eigenvalue weighted by molar-refractivity contribution is 0.0911. The number of nitrogens with zero attached hydrogens (tertiary/aromatic N) is 5. The molecule has 5 rings (SSSR count). The molecule has 0 aliphatic carbocycles. The van der Waals surface area contributed by atoms with Crippen molar-refractivity contribution in [3.05, 3.63) is 70.7 Å². The highest BCUT2D eigenvalue weighted by Crippen LogP contribution is 2.30. The van der Waals surface area contributed by atoms with E-state index in [2.05, 4.69) is 37.6 Å². The van der Waals surface area contributed by atoms with Gasteiger partial charge in [0.1, 0.15) is 5.52 Å². The predicted molar refractivity (Wildman–Crippen MR) is 150 cm³/mol. The molecule has 2 aromatic heterocycles. The lowest BCUT2D eigenvalue weighted by Crippen LogP contribution is -2.44. The molecule has 1 fully saturated rings. The zero-order valence-corrected chi connectivity index (χ0v) is 22.7. The standard InChI is InChI=1S/C27H29N7O4S/c1-27(2,18-7-5-4-6-8-18)30-23(36)24-28-20-21(31-34(26(37)38)25(20)39-24)29-22(35)17-9-11-19(12-10-17)33-15-13-32(3)14-16-33/h4-12H,13-16H2,1-3H3,(H,30,36)(H,37,38)(H,29,31,35). The molecule has 0 spiro atoms. The first-order valence-corrected chi connectivity index (χ1v) is 13.3. The molecule has 4 aromatic rings. The van der Waals surface area contributed by atoms with Gasteiger partial charge in [0.2, 0.25) is 0 Å². The van der Waals surface area contributed by atoms with Gasteiger partial charge in [-0.15, -0.1) is 5.10 Å². The summed E-state index contributed by atoms with van der Waals surface area (Å²) in [5, 5.41) is 19.4. The van der Waals surface area contributed by atoms with Gasteiger partial charge in [-0.1, -0.05) is 41.7 Å². The topological polar surface area (TPSA) is 133 Å². The number of fused-ring (bicyclic) bond motifs is 1. The average molecular weight is 548 g/mol. The molecule has 12 heteroatoms. The molecular weight excluding hydrogens is 518 g/mol. The number of thiazole rings is 1. The van der Waals surface area contributed by atoms with Crippen molar-refractivity contribution < 1.29 is 19.5 Å². The maximum atomic E-state index is 13.1. The van der Waals surface area contributed by atoms with E-state index in [4.69, 9.17) is 0 Å². The normalized spacial score (nSPS) is 14.4. The van der Waals surface area contributed by atoms with Crippen LogP contribution in [0.5, 0.6) is 0 Å². The molecular formula is C27H29N7O4S. The third kappa shape index (κ3) is 5.47. The van der Waals surface area contributed by atoms with Gasteiger partial charge in [-0.25, -0.2) is 9.78 Å². The summed E-state index contributed by atoms with van der Waals surface area (Å²) in [6.45, 7) is 7.51. The number of nitrogens with one attached hydrogen (secondary N) is 2. The number of anilines is 2. The van der Waals surface area contributed by atoms with E-state index >= 15 is 0 Å². The van der Waals surface area contributed by atoms with Gasteiger partial charge in [0.05, 0.1) is 5.54 Å². The molecule has 1 aliphatic rings. The van der Waals surface area contributed by atoms with Crippen LogP contribution in [0.15, 0.2) is 54.6 Å². The highest BCUT2D eigenvalue weighted by Gasteiger charge is 2.28. The quantitative estimate of drug-likeness (QED) is 0.333. The zero-order valence-electron chi connectivity index (χ0n) is 21.8. The Hall–Kier alpha value is -4.29. The van der Waals surface area contributed by atoms with Crippen molar-refractivity contribution in [1.29, 1.82) is 0 Å². The van der Waals surface area contributed by atoms with Gasteiger partial charge in [0, 0.05) is 37.4 Å². The SMILES string of the molecule is CN1CCN(c2ccc(C(=O)Nc3nn(C(=O)O)c4sc(C(=O)NC(C)(C)c5ccccc5)nc34)cc2)CC1. The van der Waals surface area contributed by atoms with E-state index in [0.717, 1.165) is 53.4 Å². The summed E-state index contributed by atoms with van der Waals surface area (Å²) < 4.78 is 0.720. The summed E-state index contributed by atoms with van der Waals surface area (Å²) in [4.78, 5) is 47.0. The first-order valence-electron chi connectivity index (χ1n) is 12.5. The van der Waals surface area contributed by atoms with Crippen molar-refractivity contribution in [2.45, 2.75) is 19.4 Å². The largest absolute Gasteiger partial charge is 0.463 e. The van der Waals surface area contributed by atoms with Crippen LogP contribution in [0.25, 0.3) is 10.3 Å². The number of carboxylic acid groups (broad SMARTS) is 1. The summed E-state index contributed by atoms with van der Waals surface area (Å²) in [7, 11) is 2.09. The average Bonchev–Trinajstić information content (AvgIpc) is 3.50. The highest BCUT2D eigenvalue weighted by molar-refractivity contribution is 7.20. The van der Waals surface area contributed by atoms with Gasteiger partial charge in [-0.2, -0.15) is 4.68 Å². The van der Waals surface area contributed by atoms with Crippen LogP contribution in [-0.2, 0) is 5.54 Å². The lowest BCUT2D eigenvalue weighted by atomic mass is 9.94. The molecule has 1 saturated heterocycles. The minimum Gasteiger partial charge on any atom is -0.463 e. The van der Waals surface area contributed by atoms with Crippen molar-refractivity contribution in [3.8, 4) is 0 Å². The van der Waals surface area contributed by atoms with E-state index in [1.54, 1.807) is 12.1 Å². The molecule has 3 N–H and O–H groups in total. The number of hydrogen-bond donors (Lipinski definition) is 3. The van der Waals surface area contributed by atoms with Gasteiger partial charge < -0.3 is 25.5 Å². The van der Waals surface area contributed by atoms with Crippen LogP contribution >= 0.6 is 11.3 Å². The zero-order chi connectivity index (χ0) is 27.7. The van der Waals surface area contributed by atoms with Crippen LogP contribution < -0.4 is 15.5 Å². The van der Waals surface area contributed by atoms with Crippen LogP contribution in [0.2, 0.25) is 0 Å². The third-order valence-electron chi connectivity index (χ3n) is 6.75. The highest BCUT2D eigenvalue weighted by atomic mass is 32.1. The number of likely N-dealkylation sites (N-methyl/N-ethyl adjacent to an activating group) is 1. The maximum Gasteiger partial charge on any atom is 0.433 e. The number of carbonyl (C=O) groups is 3. The fourth-order valence-electron chi connectivity index (χ4n) is 4.45. The van der Waals surface area contributed by atoms with E-state index in [9.17, 15) is 19.5 Å². The summed E-state index contributed by atoms with van der Waals surface area (Å²) in [6.07, 6.45) is -1.35. The minimum atomic E-state index is -1.35. The summed E-state index contributed by atoms with van der Waals surface area (Å²) in [6, 6.07) is 16.7. The molecule has 39 heavy (non-hydrogen) atoms. The number of hydrogen-bond acceptors (Lipinski definition) is 8. The van der Waals surface area contributed by atoms with Crippen molar-refractivity contribution in [2.75, 3.05) is 43.4 Å². The molecule has 2 aromatic carbocycles. The first kappa shape index (κ1) is 26.3. The molecule has 0 atom stereocenters. The molecule has 0 saturated carbocycles. The second-order valence-electron chi connectivity index (χ2n) is 9.95. The number of benzene rings is 2. The monoisotopic (exact) mass is 547 g/mol. The van der Waals surface area contributed by atoms with Gasteiger partial charge in [-0.3, -0.25) is 9.59 Å². The van der Waals surface area contributed by atoms with E-state index in [1.807, 2.05) is 56.3 Å². The predicted octanol–water partition coefficient (Wildman–Crippen LogP) is 3.69. The molecule has 202 valence electrons. The fraction of sp³-hybridized carbons (Fsp3) is 0.296. The first-order chi connectivity index (χ1) is 18.6. The van der Waals surface area contributed by atoms with E-state index < -0.39 is 23.4 Å². The summed E-state index contributed by atoms with van der Waals surface area (Å²) >= 11 is 0.894. The second-order valence-corrected chi connectivity index (χ2v) is 10.9. The minimum absolute atomic E-state index is 0.0295. The lowest BCUT2D eigenvalue weighted by Gasteiger charge is -2.34. The Labute approximate surface area is 229 Å². The van der Waals surface area contributed by atoms with Gasteiger partial charge >= 0.3 is 6.09 Å². The van der Waals surface area contributed by atoms with Crippen molar-refractivity contribution >= 4 is 51.1 Å². The van der Waals surface area contributed by atoms with Gasteiger partial charge in [0.15, 0.2) is 15.7 Å². The number of amides is 2. The molecule has 2 amide bonds. The van der Waals surface area contributed by atoms with Crippen LogP contribution in [0.3, 0.4) is 0 Å². The van der Waals surface area contributed by atoms with Crippen LogP contribution in [-0.4, -0.2) is 75.9 Å². The Morgan fingerprint density at radius 2 is 1.62 bits per heavy atom. The Morgan fingerprint density at radius 3 is 2.26 bits per heavy atom. The summed E-state index contributed by atoms with van der Waals surface area (Å²) in [5.74, 6) is -0.946. The van der Waals surface area contributed by atoms with E-state index in [1.165, 1.54) is 0 Å². The third-order valence-corrected chi connectivity index (χ3v) is 7.78. The number of piperazine rings is 1. The van der Waals surface area contributed by atoms with E-state index in [-0.39, 0.29) is 21.2 Å². The molecule has 11 nitrogen and oxygen atoms in total. The Balaban J connectivity index is 1.36. The number of carbonyl (C=O) groups excluding carboxylic acids is 2. The number of aromatic nitrogens is 3. The van der Waals surface area contributed by atoms with Crippen LogP contribution in [0.4, 0.5) is 16.3 Å². The fourth-order valence-corrected chi connectivity index (χ4v) is 5.35. The van der Waals surface area contributed by atoms with Crippen LogP contribution in [0, 0.1) is 0 Å². The molecule has 0 radical (unpaired) electrons. The van der Waals surface area contributed by atoms with Gasteiger partial charge in [-0.05, 0) is 50.7 Å². The number of rotatable bonds is 6. The van der Waals surface area contributed by atoms with E-state index in [0.29, 0.717) is 5.56 Å². The maximum absolute atomic E-state index is 13.1. The van der Waals surface area contributed by atoms with Crippen molar-refractivity contribution in [3.63, 3.8) is 0 Å². The van der Waals surface area contributed by atoms with Crippen molar-refractivity contribution in [1.82, 2.24) is 25.0 Å². The summed E-state index contributed by atoms with van der Waals surface area (Å²) in [5.41, 5.74) is 1.77. The Kier molecular flexibility index (Phi) is 7.06. The van der Waals surface area contributed by atoms with Crippen molar-refractivity contribution in [2.24, 2.45) is 0 Å². The molecule has 0 bridgehead atoms.